The van der Waals surface area contributed by atoms with E-state index >= 15 is 0 Å². The Balaban J connectivity index is 2.13. The van der Waals surface area contributed by atoms with E-state index in [1.807, 2.05) is 0 Å². The number of ether oxygens (including phenoxy) is 2. The zero-order valence-electron chi connectivity index (χ0n) is 12.6. The first-order valence-corrected chi connectivity index (χ1v) is 7.53. The standard InChI is InChI=1S/C15H8F6N2O2S/c16-14(17,18)4-1-5-24-11-6-9(8-22)7-12(23-11)25-13-3-2-10(26-13)15(19,20)21/h1-4,6-7H,5H2/b4-1+. The van der Waals surface area contributed by atoms with Gasteiger partial charge in [-0.15, -0.1) is 0 Å². The molecule has 2 heterocycles. The lowest BCUT2D eigenvalue weighted by Gasteiger charge is -2.07. The smallest absolute Gasteiger partial charge is 0.425 e. The van der Waals surface area contributed by atoms with Crippen LogP contribution in [0.2, 0.25) is 0 Å². The summed E-state index contributed by atoms with van der Waals surface area (Å²) in [6, 6.07) is 5.99. The van der Waals surface area contributed by atoms with E-state index in [9.17, 15) is 26.3 Å². The zero-order chi connectivity index (χ0) is 19.4. The van der Waals surface area contributed by atoms with Gasteiger partial charge in [-0.2, -0.15) is 36.6 Å². The number of hydrogen-bond acceptors (Lipinski definition) is 5. The van der Waals surface area contributed by atoms with Crippen molar-refractivity contribution < 1.29 is 35.8 Å². The molecule has 0 saturated heterocycles. The zero-order valence-corrected chi connectivity index (χ0v) is 13.4. The van der Waals surface area contributed by atoms with Gasteiger partial charge in [-0.1, -0.05) is 11.3 Å². The van der Waals surface area contributed by atoms with Crippen LogP contribution in [0, 0.1) is 11.3 Å². The molecule has 0 amide bonds. The molecule has 0 aliphatic carbocycles. The first-order valence-electron chi connectivity index (χ1n) is 6.71. The minimum atomic E-state index is -4.52. The van der Waals surface area contributed by atoms with Crippen molar-refractivity contribution in [2.24, 2.45) is 0 Å². The van der Waals surface area contributed by atoms with Gasteiger partial charge in [-0.25, -0.2) is 0 Å². The molecule has 26 heavy (non-hydrogen) atoms. The van der Waals surface area contributed by atoms with E-state index in [2.05, 4.69) is 4.98 Å². The van der Waals surface area contributed by atoms with Crippen LogP contribution in [0.4, 0.5) is 26.3 Å². The maximum absolute atomic E-state index is 12.6. The van der Waals surface area contributed by atoms with E-state index in [-0.39, 0.29) is 28.5 Å². The highest BCUT2D eigenvalue weighted by atomic mass is 32.1. The lowest BCUT2D eigenvalue weighted by atomic mass is 10.3. The molecule has 0 aliphatic rings. The third kappa shape index (κ3) is 5.96. The Hall–Kier alpha value is -2.74. The summed E-state index contributed by atoms with van der Waals surface area (Å²) >= 11 is 0.331. The highest BCUT2D eigenvalue weighted by Gasteiger charge is 2.32. The molecule has 11 heteroatoms. The molecule has 0 aliphatic heterocycles. The van der Waals surface area contributed by atoms with Crippen molar-refractivity contribution in [2.45, 2.75) is 12.4 Å². The van der Waals surface area contributed by atoms with Crippen molar-refractivity contribution in [3.63, 3.8) is 0 Å². The second kappa shape index (κ2) is 7.65. The van der Waals surface area contributed by atoms with Crippen molar-refractivity contribution in [2.75, 3.05) is 6.61 Å². The second-order valence-electron chi connectivity index (χ2n) is 4.62. The molecule has 138 valence electrons. The van der Waals surface area contributed by atoms with E-state index in [4.69, 9.17) is 14.7 Å². The van der Waals surface area contributed by atoms with Gasteiger partial charge >= 0.3 is 12.4 Å². The number of halogens is 6. The number of nitriles is 1. The van der Waals surface area contributed by atoms with E-state index < -0.39 is 23.8 Å². The van der Waals surface area contributed by atoms with Crippen LogP contribution in [0.3, 0.4) is 0 Å². The van der Waals surface area contributed by atoms with Gasteiger partial charge in [0, 0.05) is 18.2 Å². The van der Waals surface area contributed by atoms with Crippen molar-refractivity contribution in [3.05, 3.63) is 46.9 Å². The Labute approximate surface area is 146 Å². The van der Waals surface area contributed by atoms with Crippen molar-refractivity contribution >= 4 is 11.3 Å². The quantitative estimate of drug-likeness (QED) is 0.509. The van der Waals surface area contributed by atoms with Crippen LogP contribution in [0.25, 0.3) is 0 Å². The molecule has 0 unspecified atom stereocenters. The first kappa shape index (κ1) is 19.6. The summed E-state index contributed by atoms with van der Waals surface area (Å²) in [4.78, 5) is 2.92. The van der Waals surface area contributed by atoms with Crippen molar-refractivity contribution in [1.29, 1.82) is 5.26 Å². The van der Waals surface area contributed by atoms with Crippen LogP contribution in [0.15, 0.2) is 36.4 Å². The molecule has 0 aromatic carbocycles. The Kier molecular flexibility index (Phi) is 5.76. The molecule has 0 fully saturated rings. The van der Waals surface area contributed by atoms with Gasteiger partial charge in [0.05, 0.1) is 11.6 Å². The molecule has 0 bridgehead atoms. The van der Waals surface area contributed by atoms with Gasteiger partial charge in [-0.3, -0.25) is 0 Å². The number of aromatic nitrogens is 1. The van der Waals surface area contributed by atoms with E-state index in [0.717, 1.165) is 24.3 Å². The minimum Gasteiger partial charge on any atom is -0.473 e. The minimum absolute atomic E-state index is 0.0115. The van der Waals surface area contributed by atoms with Crippen LogP contribution in [-0.4, -0.2) is 17.8 Å². The van der Waals surface area contributed by atoms with Crippen LogP contribution >= 0.6 is 11.3 Å². The summed E-state index contributed by atoms with van der Waals surface area (Å²) in [6.07, 6.45) is -8.33. The number of alkyl halides is 6. The fourth-order valence-corrected chi connectivity index (χ4v) is 2.35. The van der Waals surface area contributed by atoms with E-state index in [1.165, 1.54) is 0 Å². The van der Waals surface area contributed by atoms with Crippen LogP contribution in [-0.2, 0) is 6.18 Å². The van der Waals surface area contributed by atoms with Crippen molar-refractivity contribution in [3.8, 4) is 22.9 Å². The molecular formula is C15H8F6N2O2S. The normalized spacial score (nSPS) is 12.2. The number of thiophene rings is 1. The maximum atomic E-state index is 12.6. The Morgan fingerprint density at radius 3 is 2.38 bits per heavy atom. The summed E-state index contributed by atoms with van der Waals surface area (Å²) < 4.78 is 83.8. The van der Waals surface area contributed by atoms with E-state index in [1.54, 1.807) is 6.07 Å². The Morgan fingerprint density at radius 2 is 1.81 bits per heavy atom. The fraction of sp³-hybridized carbons (Fsp3) is 0.200. The highest BCUT2D eigenvalue weighted by molar-refractivity contribution is 7.13. The molecule has 2 rings (SSSR count). The molecule has 0 radical (unpaired) electrons. The fourth-order valence-electron chi connectivity index (χ4n) is 1.62. The average Bonchev–Trinajstić information content (AvgIpc) is 2.99. The monoisotopic (exact) mass is 394 g/mol. The predicted molar refractivity (Wildman–Crippen MR) is 79.0 cm³/mol. The number of allylic oxidation sites excluding steroid dienone is 1. The molecular weight excluding hydrogens is 386 g/mol. The second-order valence-corrected chi connectivity index (χ2v) is 5.66. The van der Waals surface area contributed by atoms with Gasteiger partial charge in [0.1, 0.15) is 11.5 Å². The van der Waals surface area contributed by atoms with Crippen LogP contribution in [0.5, 0.6) is 16.8 Å². The summed E-state index contributed by atoms with van der Waals surface area (Å²) in [5, 5.41) is 8.82. The third-order valence-corrected chi connectivity index (χ3v) is 3.62. The van der Waals surface area contributed by atoms with E-state index in [0.29, 0.717) is 17.4 Å². The number of nitrogens with zero attached hydrogens (tertiary/aromatic N) is 2. The maximum Gasteiger partial charge on any atom is 0.425 e. The van der Waals surface area contributed by atoms with Gasteiger partial charge in [-0.05, 0) is 18.2 Å². The van der Waals surface area contributed by atoms with Crippen LogP contribution < -0.4 is 9.47 Å². The molecule has 0 spiro atoms. The van der Waals surface area contributed by atoms with Gasteiger partial charge in [0.15, 0.2) is 5.06 Å². The lowest BCUT2D eigenvalue weighted by Crippen LogP contribution is -2.03. The topological polar surface area (TPSA) is 55.1 Å². The summed E-state index contributed by atoms with van der Waals surface area (Å²) in [5.74, 6) is -0.437. The third-order valence-electron chi connectivity index (χ3n) is 2.61. The molecule has 0 N–H and O–H groups in total. The van der Waals surface area contributed by atoms with Gasteiger partial charge < -0.3 is 9.47 Å². The summed E-state index contributed by atoms with van der Waals surface area (Å²) in [7, 11) is 0. The molecule has 2 aromatic heterocycles. The predicted octanol–water partition coefficient (Wildman–Crippen LogP) is 5.32. The molecule has 4 nitrogen and oxygen atoms in total. The lowest BCUT2D eigenvalue weighted by molar-refractivity contribution is -0.134. The first-order chi connectivity index (χ1) is 12.1. The number of pyridine rings is 1. The number of rotatable bonds is 5. The highest BCUT2D eigenvalue weighted by Crippen LogP contribution is 2.39. The largest absolute Gasteiger partial charge is 0.473 e. The average molecular weight is 394 g/mol. The van der Waals surface area contributed by atoms with Crippen LogP contribution in [0.1, 0.15) is 10.4 Å². The molecule has 0 atom stereocenters. The Bertz CT molecular complexity index is 836. The van der Waals surface area contributed by atoms with Gasteiger partial charge in [0.2, 0.25) is 11.8 Å². The number of hydrogen-bond donors (Lipinski definition) is 0. The summed E-state index contributed by atoms with van der Waals surface area (Å²) in [5.41, 5.74) is 0.0115. The molecule has 0 saturated carbocycles. The van der Waals surface area contributed by atoms with Gasteiger partial charge in [0.25, 0.3) is 0 Å². The summed E-state index contributed by atoms with van der Waals surface area (Å²) in [6.45, 7) is -0.474. The Morgan fingerprint density at radius 1 is 1.12 bits per heavy atom. The SMILES string of the molecule is N#Cc1cc(OC/C=C/C(F)(F)F)nc(Oc2ccc(C(F)(F)F)s2)c1. The van der Waals surface area contributed by atoms with Crippen molar-refractivity contribution in [1.82, 2.24) is 4.98 Å². The molecule has 2 aromatic rings.